The molecule has 1 aromatic carbocycles. The molecule has 21 heavy (non-hydrogen) atoms. The number of thiazole rings is 1. The molecule has 2 rings (SSSR count). The van der Waals surface area contributed by atoms with Crippen LogP contribution in [0.25, 0.3) is 0 Å². The molecule has 0 saturated carbocycles. The molecular formula is C14H16Br2N2O2S. The van der Waals surface area contributed by atoms with Crippen molar-refractivity contribution >= 4 is 43.2 Å². The van der Waals surface area contributed by atoms with E-state index in [4.69, 9.17) is 9.47 Å². The summed E-state index contributed by atoms with van der Waals surface area (Å²) in [6.45, 7) is 2.84. The smallest absolute Gasteiger partial charge is 0.148 e. The maximum absolute atomic E-state index is 5.85. The van der Waals surface area contributed by atoms with Crippen LogP contribution in [0.5, 0.6) is 5.75 Å². The Balaban J connectivity index is 1.96. The molecule has 0 unspecified atom stereocenters. The van der Waals surface area contributed by atoms with Crippen molar-refractivity contribution in [3.05, 3.63) is 43.2 Å². The molecule has 114 valence electrons. The Bertz CT molecular complexity index is 541. The first kappa shape index (κ1) is 16.9. The van der Waals surface area contributed by atoms with Crippen LogP contribution in [0.4, 0.5) is 0 Å². The summed E-state index contributed by atoms with van der Waals surface area (Å²) >= 11 is 8.71. The maximum atomic E-state index is 5.85. The van der Waals surface area contributed by atoms with E-state index in [0.717, 1.165) is 32.7 Å². The number of nitrogens with zero attached hydrogens (tertiary/aromatic N) is 1. The minimum absolute atomic E-state index is 0.521. The zero-order valence-electron chi connectivity index (χ0n) is 11.6. The van der Waals surface area contributed by atoms with Crippen molar-refractivity contribution in [1.29, 1.82) is 0 Å². The zero-order chi connectivity index (χ0) is 15.1. The van der Waals surface area contributed by atoms with Gasteiger partial charge in [-0.05, 0) is 49.6 Å². The summed E-state index contributed by atoms with van der Waals surface area (Å²) in [5.41, 5.74) is 2.98. The van der Waals surface area contributed by atoms with Crippen molar-refractivity contribution in [1.82, 2.24) is 10.3 Å². The van der Waals surface area contributed by atoms with Gasteiger partial charge >= 0.3 is 0 Å². The van der Waals surface area contributed by atoms with Crippen LogP contribution >= 0.6 is 43.2 Å². The topological polar surface area (TPSA) is 43.4 Å². The summed E-state index contributed by atoms with van der Waals surface area (Å²) in [6.07, 6.45) is 1.82. The second-order valence-corrected chi connectivity index (χ2v) is 6.99. The normalized spacial score (nSPS) is 10.8. The number of methoxy groups -OCH3 is 1. The van der Waals surface area contributed by atoms with Gasteiger partial charge < -0.3 is 14.8 Å². The van der Waals surface area contributed by atoms with Crippen LogP contribution in [0.2, 0.25) is 0 Å². The fraction of sp³-hybridized carbons (Fsp3) is 0.357. The third kappa shape index (κ3) is 5.34. The first-order chi connectivity index (χ1) is 10.2. The van der Waals surface area contributed by atoms with Gasteiger partial charge in [0.25, 0.3) is 0 Å². The van der Waals surface area contributed by atoms with Gasteiger partial charge in [-0.25, -0.2) is 0 Å². The highest BCUT2D eigenvalue weighted by Gasteiger charge is 2.10. The second kappa shape index (κ2) is 8.85. The molecule has 0 saturated heterocycles. The van der Waals surface area contributed by atoms with E-state index in [9.17, 15) is 0 Å². The van der Waals surface area contributed by atoms with Crippen LogP contribution in [0, 0.1) is 0 Å². The largest absolute Gasteiger partial charge is 0.486 e. The summed E-state index contributed by atoms with van der Waals surface area (Å²) in [5.74, 6) is 0.809. The van der Waals surface area contributed by atoms with E-state index in [0.29, 0.717) is 13.2 Å². The fourth-order valence-electron chi connectivity index (χ4n) is 1.72. The number of nitrogens with one attached hydrogen (secondary N) is 1. The molecule has 1 aromatic heterocycles. The number of hydrogen-bond acceptors (Lipinski definition) is 5. The molecule has 0 aliphatic heterocycles. The van der Waals surface area contributed by atoms with Gasteiger partial charge in [0.1, 0.15) is 12.4 Å². The van der Waals surface area contributed by atoms with Crippen LogP contribution < -0.4 is 10.1 Å². The van der Waals surface area contributed by atoms with Crippen molar-refractivity contribution in [2.24, 2.45) is 0 Å². The molecule has 0 atom stereocenters. The molecule has 2 aromatic rings. The Morgan fingerprint density at radius 1 is 1.29 bits per heavy atom. The average molecular weight is 436 g/mol. The van der Waals surface area contributed by atoms with Crippen LogP contribution in [0.1, 0.15) is 10.4 Å². The molecular weight excluding hydrogens is 420 g/mol. The minimum Gasteiger partial charge on any atom is -0.486 e. The fourth-order valence-corrected chi connectivity index (χ4v) is 3.73. The molecule has 1 heterocycles. The highest BCUT2D eigenvalue weighted by atomic mass is 79.9. The van der Waals surface area contributed by atoms with Crippen molar-refractivity contribution in [2.75, 3.05) is 20.3 Å². The quantitative estimate of drug-likeness (QED) is 0.636. The Labute approximate surface area is 145 Å². The van der Waals surface area contributed by atoms with E-state index in [-0.39, 0.29) is 0 Å². The molecule has 0 radical (unpaired) electrons. The molecule has 1 N–H and O–H groups in total. The maximum Gasteiger partial charge on any atom is 0.148 e. The molecule has 0 aliphatic carbocycles. The van der Waals surface area contributed by atoms with Gasteiger partial charge in [-0.2, -0.15) is 0 Å². The van der Waals surface area contributed by atoms with Gasteiger partial charge in [-0.3, -0.25) is 4.98 Å². The third-order valence-electron chi connectivity index (χ3n) is 2.71. The summed E-state index contributed by atoms with van der Waals surface area (Å²) in [6, 6.07) is 4.12. The number of rotatable bonds is 8. The molecule has 7 heteroatoms. The SMILES string of the molecule is COCCNCc1cc(Br)c(OCc2cncs2)c(Br)c1. The third-order valence-corrected chi connectivity index (χ3v) is 4.64. The summed E-state index contributed by atoms with van der Waals surface area (Å²) in [5, 5.41) is 3.32. The monoisotopic (exact) mass is 434 g/mol. The summed E-state index contributed by atoms with van der Waals surface area (Å²) in [4.78, 5) is 5.14. The summed E-state index contributed by atoms with van der Waals surface area (Å²) < 4.78 is 12.7. The minimum atomic E-state index is 0.521. The first-order valence-corrected chi connectivity index (χ1v) is 8.85. The number of hydrogen-bond donors (Lipinski definition) is 1. The Kier molecular flexibility index (Phi) is 7.12. The lowest BCUT2D eigenvalue weighted by Gasteiger charge is -2.12. The van der Waals surface area contributed by atoms with Gasteiger partial charge in [0.15, 0.2) is 0 Å². The molecule has 0 amide bonds. The Morgan fingerprint density at radius 3 is 2.67 bits per heavy atom. The van der Waals surface area contributed by atoms with E-state index in [2.05, 4.69) is 54.3 Å². The van der Waals surface area contributed by atoms with Crippen LogP contribution in [-0.2, 0) is 17.9 Å². The van der Waals surface area contributed by atoms with Gasteiger partial charge in [-0.15, -0.1) is 11.3 Å². The van der Waals surface area contributed by atoms with E-state index in [1.54, 1.807) is 24.0 Å². The van der Waals surface area contributed by atoms with E-state index >= 15 is 0 Å². The number of benzene rings is 1. The number of aromatic nitrogens is 1. The van der Waals surface area contributed by atoms with E-state index in [1.165, 1.54) is 5.56 Å². The van der Waals surface area contributed by atoms with Crippen molar-refractivity contribution in [3.8, 4) is 5.75 Å². The zero-order valence-corrected chi connectivity index (χ0v) is 15.6. The van der Waals surface area contributed by atoms with E-state index < -0.39 is 0 Å². The average Bonchev–Trinajstić information content (AvgIpc) is 2.96. The van der Waals surface area contributed by atoms with Gasteiger partial charge in [-0.1, -0.05) is 0 Å². The molecule has 4 nitrogen and oxygen atoms in total. The van der Waals surface area contributed by atoms with Crippen molar-refractivity contribution in [3.63, 3.8) is 0 Å². The predicted molar refractivity (Wildman–Crippen MR) is 91.9 cm³/mol. The lowest BCUT2D eigenvalue weighted by atomic mass is 10.2. The molecule has 0 bridgehead atoms. The standard InChI is InChI=1S/C14H16Br2N2O2S/c1-19-3-2-17-6-10-4-12(15)14(13(16)5-10)20-8-11-7-18-9-21-11/h4-5,7,9,17H,2-3,6,8H2,1H3. The Hall–Kier alpha value is -0.470. The van der Waals surface area contributed by atoms with Crippen LogP contribution in [0.15, 0.2) is 32.8 Å². The Morgan fingerprint density at radius 2 is 2.05 bits per heavy atom. The second-order valence-electron chi connectivity index (χ2n) is 4.31. The van der Waals surface area contributed by atoms with Crippen molar-refractivity contribution < 1.29 is 9.47 Å². The number of halogens is 2. The van der Waals surface area contributed by atoms with Gasteiger partial charge in [0.2, 0.25) is 0 Å². The lowest BCUT2D eigenvalue weighted by molar-refractivity contribution is 0.199. The van der Waals surface area contributed by atoms with Crippen molar-refractivity contribution in [2.45, 2.75) is 13.2 Å². The first-order valence-electron chi connectivity index (χ1n) is 6.38. The summed E-state index contributed by atoms with van der Waals surface area (Å²) in [7, 11) is 1.70. The van der Waals surface area contributed by atoms with E-state index in [1.807, 2.05) is 6.20 Å². The van der Waals surface area contributed by atoms with Gasteiger partial charge in [0, 0.05) is 26.4 Å². The van der Waals surface area contributed by atoms with Gasteiger partial charge in [0.05, 0.1) is 25.9 Å². The molecule has 0 spiro atoms. The highest BCUT2D eigenvalue weighted by Crippen LogP contribution is 2.35. The number of ether oxygens (including phenoxy) is 2. The van der Waals surface area contributed by atoms with Crippen LogP contribution in [0.3, 0.4) is 0 Å². The molecule has 0 aliphatic rings. The predicted octanol–water partition coefficient (Wildman–Crippen LogP) is 3.98. The van der Waals surface area contributed by atoms with Crippen LogP contribution in [-0.4, -0.2) is 25.2 Å². The highest BCUT2D eigenvalue weighted by molar-refractivity contribution is 9.11. The lowest BCUT2D eigenvalue weighted by Crippen LogP contribution is -2.18. The molecule has 0 fully saturated rings.